The third kappa shape index (κ3) is 2.62. The molecular formula is C23H20N4O2. The smallest absolute Gasteiger partial charge is 0.247 e. The standard InChI is InChI=1S/C23H20N4O2/c1-15-11-19(26-14-25-15)27-10-9-18-22(2,3)20(28)16(13-24)12-23(18,21(27)29)17-7-5-4-6-8-17/h4-9,11-12,14H,10H2,1-3H3/t23-/m0/s1. The first kappa shape index (κ1) is 18.8. The van der Waals surface area contributed by atoms with Crippen LogP contribution in [-0.4, -0.2) is 28.2 Å². The second kappa shape index (κ2) is 6.49. The zero-order chi connectivity index (χ0) is 20.8. The van der Waals surface area contributed by atoms with E-state index in [2.05, 4.69) is 9.97 Å². The number of aromatic nitrogens is 2. The van der Waals surface area contributed by atoms with E-state index in [4.69, 9.17) is 0 Å². The molecule has 6 heteroatoms. The lowest BCUT2D eigenvalue weighted by Crippen LogP contribution is -2.57. The van der Waals surface area contributed by atoms with Crippen LogP contribution in [0.2, 0.25) is 0 Å². The fourth-order valence-electron chi connectivity index (χ4n) is 4.32. The Morgan fingerprint density at radius 1 is 1.14 bits per heavy atom. The summed E-state index contributed by atoms with van der Waals surface area (Å²) < 4.78 is 0. The average Bonchev–Trinajstić information content (AvgIpc) is 2.72. The number of aryl methyl sites for hydroxylation is 1. The summed E-state index contributed by atoms with van der Waals surface area (Å²) in [6.45, 7) is 5.69. The van der Waals surface area contributed by atoms with Crippen molar-refractivity contribution in [3.8, 4) is 6.07 Å². The van der Waals surface area contributed by atoms with Crippen molar-refractivity contribution >= 4 is 17.5 Å². The summed E-state index contributed by atoms with van der Waals surface area (Å²) in [5.74, 6) is -0.000665. The molecule has 1 aromatic heterocycles. The Hall–Kier alpha value is -3.59. The Kier molecular flexibility index (Phi) is 4.20. The molecule has 1 aliphatic heterocycles. The second-order valence-corrected chi connectivity index (χ2v) is 7.85. The minimum atomic E-state index is -1.24. The van der Waals surface area contributed by atoms with Crippen LogP contribution < -0.4 is 4.90 Å². The van der Waals surface area contributed by atoms with Gasteiger partial charge in [-0.2, -0.15) is 5.26 Å². The summed E-state index contributed by atoms with van der Waals surface area (Å²) in [7, 11) is 0. The van der Waals surface area contributed by atoms with Crippen molar-refractivity contribution in [1.29, 1.82) is 5.26 Å². The molecule has 1 aromatic carbocycles. The maximum Gasteiger partial charge on any atom is 0.247 e. The molecule has 29 heavy (non-hydrogen) atoms. The molecule has 0 fully saturated rings. The molecule has 2 aliphatic rings. The summed E-state index contributed by atoms with van der Waals surface area (Å²) in [6, 6.07) is 13.1. The Balaban J connectivity index is 2.02. The van der Waals surface area contributed by atoms with Gasteiger partial charge < -0.3 is 0 Å². The van der Waals surface area contributed by atoms with E-state index in [1.807, 2.05) is 49.4 Å². The predicted molar refractivity (Wildman–Crippen MR) is 108 cm³/mol. The molecule has 2 aromatic rings. The molecule has 0 saturated carbocycles. The van der Waals surface area contributed by atoms with E-state index in [0.29, 0.717) is 17.9 Å². The molecule has 0 spiro atoms. The Bertz CT molecular complexity index is 1130. The molecule has 0 bridgehead atoms. The van der Waals surface area contributed by atoms with Gasteiger partial charge in [-0.1, -0.05) is 36.4 Å². The minimum absolute atomic E-state index is 0.00470. The number of nitrogens with zero attached hydrogens (tertiary/aromatic N) is 4. The molecule has 1 amide bonds. The zero-order valence-corrected chi connectivity index (χ0v) is 16.5. The lowest BCUT2D eigenvalue weighted by molar-refractivity contribution is -0.125. The highest BCUT2D eigenvalue weighted by atomic mass is 16.2. The van der Waals surface area contributed by atoms with Gasteiger partial charge in [-0.3, -0.25) is 14.5 Å². The number of carbonyl (C=O) groups is 2. The molecule has 0 saturated heterocycles. The first-order chi connectivity index (χ1) is 13.8. The number of fused-ring (bicyclic) bond motifs is 1. The minimum Gasteiger partial charge on any atom is -0.292 e. The van der Waals surface area contributed by atoms with Crippen LogP contribution in [0.25, 0.3) is 0 Å². The largest absolute Gasteiger partial charge is 0.292 e. The van der Waals surface area contributed by atoms with Gasteiger partial charge >= 0.3 is 0 Å². The van der Waals surface area contributed by atoms with Crippen LogP contribution in [0.5, 0.6) is 0 Å². The van der Waals surface area contributed by atoms with Crippen LogP contribution in [-0.2, 0) is 15.0 Å². The van der Waals surface area contributed by atoms with Crippen molar-refractivity contribution < 1.29 is 9.59 Å². The summed E-state index contributed by atoms with van der Waals surface area (Å²) in [5, 5.41) is 9.65. The summed E-state index contributed by atoms with van der Waals surface area (Å²) in [6.07, 6.45) is 4.88. The van der Waals surface area contributed by atoms with Crippen molar-refractivity contribution in [2.45, 2.75) is 26.2 Å². The lowest BCUT2D eigenvalue weighted by atomic mass is 9.56. The maximum absolute atomic E-state index is 14.0. The Morgan fingerprint density at radius 2 is 1.86 bits per heavy atom. The monoisotopic (exact) mass is 384 g/mol. The maximum atomic E-state index is 14.0. The fourth-order valence-corrected chi connectivity index (χ4v) is 4.32. The highest BCUT2D eigenvalue weighted by Gasteiger charge is 2.57. The summed E-state index contributed by atoms with van der Waals surface area (Å²) in [5.41, 5.74) is -0.0316. The van der Waals surface area contributed by atoms with Gasteiger partial charge in [0.1, 0.15) is 23.6 Å². The molecule has 0 N–H and O–H groups in total. The third-order valence-electron chi connectivity index (χ3n) is 5.75. The molecule has 0 radical (unpaired) electrons. The van der Waals surface area contributed by atoms with Crippen LogP contribution in [0.4, 0.5) is 5.82 Å². The first-order valence-electron chi connectivity index (χ1n) is 9.37. The van der Waals surface area contributed by atoms with Crippen molar-refractivity contribution in [1.82, 2.24) is 9.97 Å². The van der Waals surface area contributed by atoms with E-state index in [0.717, 1.165) is 11.3 Å². The molecule has 6 nitrogen and oxygen atoms in total. The molecule has 1 aliphatic carbocycles. The summed E-state index contributed by atoms with van der Waals surface area (Å²) >= 11 is 0. The molecule has 2 heterocycles. The van der Waals surface area contributed by atoms with E-state index < -0.39 is 10.8 Å². The van der Waals surface area contributed by atoms with E-state index in [1.54, 1.807) is 24.8 Å². The Morgan fingerprint density at radius 3 is 2.52 bits per heavy atom. The lowest BCUT2D eigenvalue weighted by Gasteiger charge is -2.48. The molecule has 4 rings (SSSR count). The number of anilines is 1. The average molecular weight is 384 g/mol. The van der Waals surface area contributed by atoms with E-state index >= 15 is 0 Å². The quantitative estimate of drug-likeness (QED) is 0.743. The number of hydrogen-bond donors (Lipinski definition) is 0. The van der Waals surface area contributed by atoms with E-state index in [9.17, 15) is 14.9 Å². The highest BCUT2D eigenvalue weighted by molar-refractivity contribution is 6.14. The van der Waals surface area contributed by atoms with Crippen molar-refractivity contribution in [3.05, 3.63) is 77.3 Å². The van der Waals surface area contributed by atoms with E-state index in [1.165, 1.54) is 12.4 Å². The number of ketones is 1. The number of carbonyl (C=O) groups excluding carboxylic acids is 2. The molecular weight excluding hydrogens is 364 g/mol. The third-order valence-corrected chi connectivity index (χ3v) is 5.75. The normalized spacial score (nSPS) is 23.0. The number of hydrogen-bond acceptors (Lipinski definition) is 5. The fraction of sp³-hybridized carbons (Fsp3) is 0.261. The number of amides is 1. The van der Waals surface area contributed by atoms with Crippen LogP contribution in [0.3, 0.4) is 0 Å². The Labute approximate surface area is 169 Å². The number of benzene rings is 1. The van der Waals surface area contributed by atoms with Crippen molar-refractivity contribution in [2.24, 2.45) is 5.41 Å². The van der Waals surface area contributed by atoms with Gasteiger partial charge in [-0.15, -0.1) is 0 Å². The number of allylic oxidation sites excluding steroid dienone is 1. The van der Waals surface area contributed by atoms with Crippen LogP contribution in [0.15, 0.2) is 66.0 Å². The van der Waals surface area contributed by atoms with Gasteiger partial charge in [0.25, 0.3) is 0 Å². The van der Waals surface area contributed by atoms with Gasteiger partial charge in [-0.25, -0.2) is 9.97 Å². The predicted octanol–water partition coefficient (Wildman–Crippen LogP) is 3.05. The topological polar surface area (TPSA) is 87.0 Å². The van der Waals surface area contributed by atoms with Gasteiger partial charge in [0, 0.05) is 18.3 Å². The van der Waals surface area contributed by atoms with Crippen molar-refractivity contribution in [3.63, 3.8) is 0 Å². The van der Waals surface area contributed by atoms with Crippen LogP contribution >= 0.6 is 0 Å². The number of Topliss-reactive ketones (excluding diaryl/α,β-unsaturated/α-hetero) is 1. The van der Waals surface area contributed by atoms with Crippen molar-refractivity contribution in [2.75, 3.05) is 11.4 Å². The number of rotatable bonds is 2. The van der Waals surface area contributed by atoms with E-state index in [-0.39, 0.29) is 17.3 Å². The van der Waals surface area contributed by atoms with Gasteiger partial charge in [0.15, 0.2) is 5.78 Å². The van der Waals surface area contributed by atoms with Crippen LogP contribution in [0.1, 0.15) is 25.1 Å². The SMILES string of the molecule is Cc1cc(N2CC=C3C(C)(C)C(=O)C(C#N)=C[C@@]3(c3ccccc3)C2=O)ncn1. The van der Waals surface area contributed by atoms with Gasteiger partial charge in [0.05, 0.1) is 11.0 Å². The van der Waals surface area contributed by atoms with Crippen LogP contribution in [0, 0.1) is 23.7 Å². The second-order valence-electron chi connectivity index (χ2n) is 7.85. The molecule has 0 unspecified atom stereocenters. The van der Waals surface area contributed by atoms with Gasteiger partial charge in [0.2, 0.25) is 5.91 Å². The molecule has 1 atom stereocenters. The summed E-state index contributed by atoms with van der Waals surface area (Å²) in [4.78, 5) is 36.9. The zero-order valence-electron chi connectivity index (χ0n) is 16.5. The van der Waals surface area contributed by atoms with Gasteiger partial charge in [-0.05, 0) is 38.0 Å². The molecule has 144 valence electrons. The number of nitriles is 1. The highest BCUT2D eigenvalue weighted by Crippen LogP contribution is 2.52. The first-order valence-corrected chi connectivity index (χ1v) is 9.37.